The molecule has 0 radical (unpaired) electrons. The number of rotatable bonds is 5. The Morgan fingerprint density at radius 1 is 1.44 bits per heavy atom. The molecule has 1 fully saturated rings. The van der Waals surface area contributed by atoms with E-state index in [0.29, 0.717) is 19.8 Å². The molecule has 0 aromatic rings. The van der Waals surface area contributed by atoms with Crippen LogP contribution < -0.4 is 5.32 Å². The first-order chi connectivity index (χ1) is 7.92. The van der Waals surface area contributed by atoms with Crippen LogP contribution in [0.3, 0.4) is 0 Å². The normalized spacial score (nSPS) is 27.3. The molecule has 2 aliphatic heterocycles. The van der Waals surface area contributed by atoms with Gasteiger partial charge in [0.2, 0.25) is 0 Å². The van der Waals surface area contributed by atoms with E-state index in [1.165, 1.54) is 0 Å². The summed E-state index contributed by atoms with van der Waals surface area (Å²) in [5.41, 5.74) is 0. The maximum Gasteiger partial charge on any atom is 0.112 e. The van der Waals surface area contributed by atoms with Gasteiger partial charge in [0.1, 0.15) is 11.9 Å². The van der Waals surface area contributed by atoms with Crippen molar-refractivity contribution < 1.29 is 14.2 Å². The van der Waals surface area contributed by atoms with Crippen molar-refractivity contribution in [3.8, 4) is 0 Å². The van der Waals surface area contributed by atoms with Crippen LogP contribution in [0.4, 0.5) is 0 Å². The van der Waals surface area contributed by atoms with Crippen LogP contribution in [-0.4, -0.2) is 45.1 Å². The second-order valence-electron chi connectivity index (χ2n) is 4.16. The molecule has 2 atom stereocenters. The molecule has 4 heteroatoms. The summed E-state index contributed by atoms with van der Waals surface area (Å²) in [6, 6.07) is 0.155. The fraction of sp³-hybridized carbons (Fsp3) is 0.833. The summed E-state index contributed by atoms with van der Waals surface area (Å²) in [6.07, 6.45) is 4.36. The lowest BCUT2D eigenvalue weighted by atomic mass is 10.1. The van der Waals surface area contributed by atoms with E-state index < -0.39 is 0 Å². The zero-order valence-corrected chi connectivity index (χ0v) is 9.91. The van der Waals surface area contributed by atoms with Crippen molar-refractivity contribution in [1.29, 1.82) is 0 Å². The molecule has 1 N–H and O–H groups in total. The van der Waals surface area contributed by atoms with Gasteiger partial charge in [-0.3, -0.25) is 0 Å². The lowest BCUT2D eigenvalue weighted by Gasteiger charge is -2.31. The number of ether oxygens (including phenoxy) is 3. The molecular formula is C12H21NO3. The minimum atomic E-state index is 0.0876. The van der Waals surface area contributed by atoms with E-state index in [9.17, 15) is 0 Å². The molecule has 0 amide bonds. The molecule has 16 heavy (non-hydrogen) atoms. The second-order valence-corrected chi connectivity index (χ2v) is 4.16. The zero-order valence-electron chi connectivity index (χ0n) is 9.91. The van der Waals surface area contributed by atoms with Crippen molar-refractivity contribution in [3.05, 3.63) is 11.8 Å². The highest BCUT2D eigenvalue weighted by Crippen LogP contribution is 2.19. The van der Waals surface area contributed by atoms with Gasteiger partial charge in [-0.2, -0.15) is 0 Å². The van der Waals surface area contributed by atoms with Gasteiger partial charge in [-0.15, -0.1) is 0 Å². The van der Waals surface area contributed by atoms with Crippen LogP contribution in [0.5, 0.6) is 0 Å². The molecule has 0 aromatic heterocycles. The number of hydrogen-bond acceptors (Lipinski definition) is 4. The summed E-state index contributed by atoms with van der Waals surface area (Å²) in [5, 5.41) is 3.48. The maximum atomic E-state index is 5.74. The van der Waals surface area contributed by atoms with E-state index in [2.05, 4.69) is 18.3 Å². The van der Waals surface area contributed by atoms with Gasteiger partial charge in [-0.1, -0.05) is 6.92 Å². The van der Waals surface area contributed by atoms with Crippen LogP contribution in [0, 0.1) is 0 Å². The Bertz CT molecular complexity index is 236. The van der Waals surface area contributed by atoms with E-state index in [1.54, 1.807) is 0 Å². The fourth-order valence-corrected chi connectivity index (χ4v) is 2.07. The van der Waals surface area contributed by atoms with Crippen molar-refractivity contribution in [1.82, 2.24) is 5.32 Å². The van der Waals surface area contributed by atoms with Gasteiger partial charge in [0.05, 0.1) is 32.5 Å². The average molecular weight is 227 g/mol. The van der Waals surface area contributed by atoms with Gasteiger partial charge in [-0.25, -0.2) is 0 Å². The van der Waals surface area contributed by atoms with Crippen molar-refractivity contribution in [2.45, 2.75) is 31.9 Å². The third kappa shape index (κ3) is 2.97. The Kier molecular flexibility index (Phi) is 4.63. The van der Waals surface area contributed by atoms with E-state index in [-0.39, 0.29) is 12.1 Å². The molecule has 1 saturated heterocycles. The summed E-state index contributed by atoms with van der Waals surface area (Å²) >= 11 is 0. The molecule has 0 aromatic carbocycles. The van der Waals surface area contributed by atoms with Gasteiger partial charge in [-0.05, 0) is 19.0 Å². The molecule has 2 aliphatic rings. The van der Waals surface area contributed by atoms with E-state index >= 15 is 0 Å². The van der Waals surface area contributed by atoms with Crippen LogP contribution in [0.2, 0.25) is 0 Å². The second kappa shape index (κ2) is 6.23. The highest BCUT2D eigenvalue weighted by atomic mass is 16.6. The summed E-state index contributed by atoms with van der Waals surface area (Å²) in [7, 11) is 0. The first-order valence-electron chi connectivity index (χ1n) is 6.17. The van der Waals surface area contributed by atoms with Crippen LogP contribution in [0.15, 0.2) is 11.8 Å². The molecule has 2 heterocycles. The molecule has 0 saturated carbocycles. The highest BCUT2D eigenvalue weighted by Gasteiger charge is 2.30. The van der Waals surface area contributed by atoms with E-state index in [1.807, 2.05) is 0 Å². The van der Waals surface area contributed by atoms with E-state index in [0.717, 1.165) is 31.8 Å². The zero-order chi connectivity index (χ0) is 11.2. The molecule has 2 unspecified atom stereocenters. The van der Waals surface area contributed by atoms with Gasteiger partial charge in [0.25, 0.3) is 0 Å². The van der Waals surface area contributed by atoms with Crippen LogP contribution in [-0.2, 0) is 14.2 Å². The highest BCUT2D eigenvalue weighted by molar-refractivity contribution is 5.10. The molecule has 0 aliphatic carbocycles. The van der Waals surface area contributed by atoms with Crippen molar-refractivity contribution in [2.24, 2.45) is 0 Å². The SMILES string of the molecule is CCCNC(C1=CCCO1)C1COCCO1. The molecule has 0 spiro atoms. The van der Waals surface area contributed by atoms with Crippen molar-refractivity contribution in [2.75, 3.05) is 33.0 Å². The lowest BCUT2D eigenvalue weighted by molar-refractivity contribution is -0.101. The summed E-state index contributed by atoms with van der Waals surface area (Å²) in [4.78, 5) is 0. The van der Waals surface area contributed by atoms with Gasteiger partial charge in [0.15, 0.2) is 0 Å². The van der Waals surface area contributed by atoms with Crippen LogP contribution >= 0.6 is 0 Å². The quantitative estimate of drug-likeness (QED) is 0.763. The lowest BCUT2D eigenvalue weighted by Crippen LogP contribution is -2.48. The Morgan fingerprint density at radius 2 is 2.38 bits per heavy atom. The first-order valence-corrected chi connectivity index (χ1v) is 6.17. The van der Waals surface area contributed by atoms with Gasteiger partial charge < -0.3 is 19.5 Å². The van der Waals surface area contributed by atoms with Gasteiger partial charge >= 0.3 is 0 Å². The molecule has 92 valence electrons. The van der Waals surface area contributed by atoms with Crippen LogP contribution in [0.1, 0.15) is 19.8 Å². The van der Waals surface area contributed by atoms with Crippen LogP contribution in [0.25, 0.3) is 0 Å². The molecule has 0 bridgehead atoms. The summed E-state index contributed by atoms with van der Waals surface area (Å²) in [5.74, 6) is 1.03. The number of nitrogens with one attached hydrogen (secondary N) is 1. The Balaban J connectivity index is 1.94. The summed E-state index contributed by atoms with van der Waals surface area (Å²) < 4.78 is 16.8. The molecule has 4 nitrogen and oxygen atoms in total. The molecule has 2 rings (SSSR count). The fourth-order valence-electron chi connectivity index (χ4n) is 2.07. The van der Waals surface area contributed by atoms with Crippen molar-refractivity contribution in [3.63, 3.8) is 0 Å². The third-order valence-corrected chi connectivity index (χ3v) is 2.87. The largest absolute Gasteiger partial charge is 0.496 e. The standard InChI is InChI=1S/C12H21NO3/c1-2-5-13-12(10-4-3-6-15-10)11-9-14-7-8-16-11/h4,11-13H,2-3,5-9H2,1H3. The van der Waals surface area contributed by atoms with E-state index in [4.69, 9.17) is 14.2 Å². The molecular weight excluding hydrogens is 206 g/mol. The van der Waals surface area contributed by atoms with Crippen molar-refractivity contribution >= 4 is 0 Å². The van der Waals surface area contributed by atoms with Gasteiger partial charge in [0, 0.05) is 6.42 Å². The maximum absolute atomic E-state index is 5.74. The minimum Gasteiger partial charge on any atom is -0.496 e. The smallest absolute Gasteiger partial charge is 0.112 e. The summed E-state index contributed by atoms with van der Waals surface area (Å²) in [6.45, 7) is 5.98. The predicted octanol–water partition coefficient (Wildman–Crippen LogP) is 1.07. The average Bonchev–Trinajstić information content (AvgIpc) is 2.85. The Hall–Kier alpha value is -0.580. The Morgan fingerprint density at radius 3 is 3.00 bits per heavy atom. The Labute approximate surface area is 96.9 Å². The predicted molar refractivity (Wildman–Crippen MR) is 61.3 cm³/mol. The first kappa shape index (κ1) is 11.9. The number of hydrogen-bond donors (Lipinski definition) is 1. The minimum absolute atomic E-state index is 0.0876. The third-order valence-electron chi connectivity index (χ3n) is 2.87. The topological polar surface area (TPSA) is 39.7 Å². The monoisotopic (exact) mass is 227 g/mol.